The van der Waals surface area contributed by atoms with Gasteiger partial charge in [0.2, 0.25) is 0 Å². The number of benzene rings is 3. The largest absolute Gasteiger partial charge is 0.494 e. The Balaban J connectivity index is 1.64. The number of hydrogen-bond acceptors (Lipinski definition) is 6. The molecule has 188 valence electrons. The quantitative estimate of drug-likeness (QED) is 0.251. The molecule has 3 aromatic carbocycles. The summed E-state index contributed by atoms with van der Waals surface area (Å²) in [4.78, 5) is 25.8. The fraction of sp³-hybridized carbons (Fsp3) is 0.222. The van der Waals surface area contributed by atoms with Crippen LogP contribution in [0.15, 0.2) is 72.8 Å². The monoisotopic (exact) mass is 507 g/mol. The Bertz CT molecular complexity index is 1180. The summed E-state index contributed by atoms with van der Waals surface area (Å²) in [6.45, 7) is 5.69. The molecule has 0 unspecified atom stereocenters. The molecular formula is C27H29N3O5S. The summed E-state index contributed by atoms with van der Waals surface area (Å²) in [5.41, 5.74) is 1.77. The smallest absolute Gasteiger partial charge is 0.261 e. The molecule has 0 bridgehead atoms. The van der Waals surface area contributed by atoms with E-state index >= 15 is 0 Å². The second-order valence-electron chi connectivity index (χ2n) is 7.41. The molecule has 0 saturated heterocycles. The van der Waals surface area contributed by atoms with Gasteiger partial charge >= 0.3 is 0 Å². The van der Waals surface area contributed by atoms with Crippen molar-refractivity contribution in [2.24, 2.45) is 0 Å². The van der Waals surface area contributed by atoms with Crippen LogP contribution in [0.5, 0.6) is 11.5 Å². The average molecular weight is 508 g/mol. The predicted octanol–water partition coefficient (Wildman–Crippen LogP) is 4.88. The van der Waals surface area contributed by atoms with Crippen molar-refractivity contribution >= 4 is 40.5 Å². The van der Waals surface area contributed by atoms with E-state index in [9.17, 15) is 9.59 Å². The van der Waals surface area contributed by atoms with Crippen molar-refractivity contribution in [2.75, 3.05) is 37.1 Å². The zero-order valence-corrected chi connectivity index (χ0v) is 21.0. The first-order valence-corrected chi connectivity index (χ1v) is 12.0. The lowest BCUT2D eigenvalue weighted by Crippen LogP contribution is -2.35. The molecule has 0 radical (unpaired) electrons. The Hall–Kier alpha value is -3.95. The number of anilines is 2. The van der Waals surface area contributed by atoms with E-state index in [-0.39, 0.29) is 11.0 Å². The molecule has 0 aliphatic carbocycles. The Morgan fingerprint density at radius 1 is 0.750 bits per heavy atom. The van der Waals surface area contributed by atoms with Gasteiger partial charge in [-0.1, -0.05) is 24.3 Å². The van der Waals surface area contributed by atoms with Gasteiger partial charge in [0, 0.05) is 12.3 Å². The number of para-hydroxylation sites is 2. The van der Waals surface area contributed by atoms with Crippen LogP contribution in [-0.2, 0) is 4.74 Å². The molecule has 9 heteroatoms. The van der Waals surface area contributed by atoms with Gasteiger partial charge in [-0.05, 0) is 74.6 Å². The molecule has 0 atom stereocenters. The van der Waals surface area contributed by atoms with Crippen LogP contribution in [0.25, 0.3) is 0 Å². The molecule has 2 amide bonds. The molecule has 0 fully saturated rings. The second-order valence-corrected chi connectivity index (χ2v) is 7.82. The van der Waals surface area contributed by atoms with Crippen molar-refractivity contribution in [1.29, 1.82) is 0 Å². The standard InChI is InChI=1S/C27H29N3O5S/c1-3-33-17-18-35-24-12-8-6-10-22(24)26(32)30-27(36)29-23-11-7-5-9-21(23)25(31)28-19-13-15-20(16-14-19)34-4-2/h5-16H,3-4,17-18H2,1-2H3,(H,28,31)(H2,29,30,32,36). The maximum atomic E-state index is 12.9. The van der Waals surface area contributed by atoms with Crippen LogP contribution in [0.1, 0.15) is 34.6 Å². The Kier molecular flexibility index (Phi) is 10.2. The van der Waals surface area contributed by atoms with Gasteiger partial charge in [-0.2, -0.15) is 0 Å². The number of hydrogen-bond donors (Lipinski definition) is 3. The highest BCUT2D eigenvalue weighted by Crippen LogP contribution is 2.21. The van der Waals surface area contributed by atoms with Gasteiger partial charge in [0.25, 0.3) is 11.8 Å². The van der Waals surface area contributed by atoms with Crippen molar-refractivity contribution in [3.8, 4) is 11.5 Å². The van der Waals surface area contributed by atoms with Crippen molar-refractivity contribution in [3.05, 3.63) is 83.9 Å². The summed E-state index contributed by atoms with van der Waals surface area (Å²) >= 11 is 5.34. The number of carbonyl (C=O) groups is 2. The molecule has 3 aromatic rings. The minimum Gasteiger partial charge on any atom is -0.494 e. The average Bonchev–Trinajstić information content (AvgIpc) is 2.88. The summed E-state index contributed by atoms with van der Waals surface area (Å²) in [6.07, 6.45) is 0. The molecule has 3 N–H and O–H groups in total. The zero-order chi connectivity index (χ0) is 25.8. The number of nitrogens with one attached hydrogen (secondary N) is 3. The summed E-state index contributed by atoms with van der Waals surface area (Å²) in [5, 5.41) is 8.48. The highest BCUT2D eigenvalue weighted by atomic mass is 32.1. The molecule has 0 aromatic heterocycles. The minimum atomic E-state index is -0.434. The Labute approximate surface area is 216 Å². The van der Waals surface area contributed by atoms with E-state index in [1.807, 2.05) is 13.8 Å². The maximum absolute atomic E-state index is 12.9. The molecule has 0 saturated carbocycles. The van der Waals surface area contributed by atoms with Crippen LogP contribution in [-0.4, -0.2) is 43.4 Å². The van der Waals surface area contributed by atoms with Crippen LogP contribution in [0.4, 0.5) is 11.4 Å². The van der Waals surface area contributed by atoms with Crippen LogP contribution in [0.3, 0.4) is 0 Å². The first kappa shape index (κ1) is 26.7. The fourth-order valence-electron chi connectivity index (χ4n) is 3.25. The van der Waals surface area contributed by atoms with Gasteiger partial charge in [0.1, 0.15) is 18.1 Å². The lowest BCUT2D eigenvalue weighted by molar-refractivity contribution is 0.0958. The van der Waals surface area contributed by atoms with Gasteiger partial charge in [-0.3, -0.25) is 14.9 Å². The molecule has 0 spiro atoms. The van der Waals surface area contributed by atoms with E-state index in [1.165, 1.54) is 0 Å². The number of carbonyl (C=O) groups excluding carboxylic acids is 2. The van der Waals surface area contributed by atoms with E-state index in [2.05, 4.69) is 16.0 Å². The lowest BCUT2D eigenvalue weighted by atomic mass is 10.1. The van der Waals surface area contributed by atoms with Crippen LogP contribution < -0.4 is 25.4 Å². The molecule has 0 heterocycles. The van der Waals surface area contributed by atoms with E-state index in [1.54, 1.807) is 72.8 Å². The van der Waals surface area contributed by atoms with Gasteiger partial charge in [-0.25, -0.2) is 0 Å². The molecule has 0 aliphatic heterocycles. The molecule has 0 aliphatic rings. The number of amides is 2. The minimum absolute atomic E-state index is 0.0467. The van der Waals surface area contributed by atoms with Crippen LogP contribution in [0.2, 0.25) is 0 Å². The third-order valence-electron chi connectivity index (χ3n) is 4.89. The topological polar surface area (TPSA) is 97.9 Å². The third-order valence-corrected chi connectivity index (χ3v) is 5.10. The lowest BCUT2D eigenvalue weighted by Gasteiger charge is -2.15. The molecule has 36 heavy (non-hydrogen) atoms. The summed E-state index contributed by atoms with van der Waals surface area (Å²) < 4.78 is 16.4. The normalized spacial score (nSPS) is 10.3. The summed E-state index contributed by atoms with van der Waals surface area (Å²) in [5.74, 6) is 0.382. The first-order chi connectivity index (χ1) is 17.5. The van der Waals surface area contributed by atoms with Gasteiger partial charge in [0.05, 0.1) is 30.0 Å². The SMILES string of the molecule is CCOCCOc1ccccc1C(=O)NC(=S)Nc1ccccc1C(=O)Nc1ccc(OCC)cc1. The number of thiocarbonyl (C=S) groups is 1. The molecular weight excluding hydrogens is 478 g/mol. The number of rotatable bonds is 11. The molecule has 8 nitrogen and oxygen atoms in total. The van der Waals surface area contributed by atoms with E-state index in [0.29, 0.717) is 54.7 Å². The highest BCUT2D eigenvalue weighted by molar-refractivity contribution is 7.80. The third kappa shape index (κ3) is 7.79. The Morgan fingerprint density at radius 3 is 2.17 bits per heavy atom. The fourth-order valence-corrected chi connectivity index (χ4v) is 3.45. The van der Waals surface area contributed by atoms with Gasteiger partial charge < -0.3 is 24.8 Å². The summed E-state index contributed by atoms with van der Waals surface area (Å²) in [7, 11) is 0. The zero-order valence-electron chi connectivity index (χ0n) is 20.2. The Morgan fingerprint density at radius 2 is 1.44 bits per heavy atom. The van der Waals surface area contributed by atoms with E-state index in [0.717, 1.165) is 5.75 Å². The van der Waals surface area contributed by atoms with Gasteiger partial charge in [0.15, 0.2) is 5.11 Å². The predicted molar refractivity (Wildman–Crippen MR) is 144 cm³/mol. The van der Waals surface area contributed by atoms with Crippen molar-refractivity contribution < 1.29 is 23.8 Å². The van der Waals surface area contributed by atoms with Crippen molar-refractivity contribution in [3.63, 3.8) is 0 Å². The van der Waals surface area contributed by atoms with Crippen molar-refractivity contribution in [2.45, 2.75) is 13.8 Å². The summed E-state index contributed by atoms with van der Waals surface area (Å²) in [6, 6.07) is 20.8. The number of ether oxygens (including phenoxy) is 3. The van der Waals surface area contributed by atoms with Gasteiger partial charge in [-0.15, -0.1) is 0 Å². The van der Waals surface area contributed by atoms with Crippen LogP contribution >= 0.6 is 12.2 Å². The van der Waals surface area contributed by atoms with Crippen LogP contribution in [0, 0.1) is 0 Å². The molecule has 3 rings (SSSR count). The highest BCUT2D eigenvalue weighted by Gasteiger charge is 2.16. The van der Waals surface area contributed by atoms with Crippen molar-refractivity contribution in [1.82, 2.24) is 5.32 Å². The van der Waals surface area contributed by atoms with E-state index in [4.69, 9.17) is 26.4 Å². The first-order valence-electron chi connectivity index (χ1n) is 11.6. The maximum Gasteiger partial charge on any atom is 0.261 e. The second kappa shape index (κ2) is 13.8. The van der Waals surface area contributed by atoms with E-state index < -0.39 is 5.91 Å².